The number of nitro groups is 1. The second-order valence-corrected chi connectivity index (χ2v) is 5.04. The number of rotatable bonds is 4. The van der Waals surface area contributed by atoms with Gasteiger partial charge in [-0.1, -0.05) is 28.1 Å². The first-order chi connectivity index (χ1) is 9.49. The topological polar surface area (TPSA) is 52.4 Å². The van der Waals surface area contributed by atoms with Crippen molar-refractivity contribution in [2.24, 2.45) is 0 Å². The summed E-state index contributed by atoms with van der Waals surface area (Å²) in [5, 5.41) is 10.8. The van der Waals surface area contributed by atoms with E-state index in [1.165, 1.54) is 18.2 Å². The molecule has 4 nitrogen and oxygen atoms in total. The van der Waals surface area contributed by atoms with Gasteiger partial charge < -0.3 is 4.74 Å². The van der Waals surface area contributed by atoms with Crippen molar-refractivity contribution in [1.29, 1.82) is 0 Å². The Balaban J connectivity index is 2.19. The predicted octanol–water partition coefficient (Wildman–Crippen LogP) is 4.38. The smallest absolute Gasteiger partial charge is 0.276 e. The molecule has 0 aliphatic rings. The summed E-state index contributed by atoms with van der Waals surface area (Å²) < 4.78 is 19.1. The van der Waals surface area contributed by atoms with Crippen LogP contribution in [0.15, 0.2) is 40.9 Å². The summed E-state index contributed by atoms with van der Waals surface area (Å²) in [7, 11) is 0. The number of halogens is 2. The first-order valence-electron chi connectivity index (χ1n) is 5.80. The molecular weight excluding hydrogens is 329 g/mol. The van der Waals surface area contributed by atoms with Crippen LogP contribution < -0.4 is 4.74 Å². The maximum atomic E-state index is 13.0. The van der Waals surface area contributed by atoms with Crippen LogP contribution in [0.3, 0.4) is 0 Å². The Morgan fingerprint density at radius 3 is 2.75 bits per heavy atom. The molecule has 0 aliphatic carbocycles. The number of nitrogens with zero attached hydrogens (tertiary/aromatic N) is 1. The van der Waals surface area contributed by atoms with E-state index in [1.54, 1.807) is 25.1 Å². The molecule has 0 N–H and O–H groups in total. The van der Waals surface area contributed by atoms with Crippen LogP contribution in [0.4, 0.5) is 10.1 Å². The Morgan fingerprint density at radius 1 is 1.35 bits per heavy atom. The summed E-state index contributed by atoms with van der Waals surface area (Å²) in [5.41, 5.74) is 1.24. The van der Waals surface area contributed by atoms with E-state index < -0.39 is 4.92 Å². The van der Waals surface area contributed by atoms with Crippen molar-refractivity contribution >= 4 is 21.6 Å². The van der Waals surface area contributed by atoms with Gasteiger partial charge in [0.1, 0.15) is 18.2 Å². The van der Waals surface area contributed by atoms with Crippen LogP contribution in [0.1, 0.15) is 11.1 Å². The molecule has 0 unspecified atom stereocenters. The molecule has 0 radical (unpaired) electrons. The third-order valence-electron chi connectivity index (χ3n) is 2.85. The number of nitro benzene ring substituents is 1. The lowest BCUT2D eigenvalue weighted by Crippen LogP contribution is -2.00. The maximum absolute atomic E-state index is 13.0. The Kier molecular flexibility index (Phi) is 4.34. The van der Waals surface area contributed by atoms with Gasteiger partial charge in [0.25, 0.3) is 5.69 Å². The van der Waals surface area contributed by atoms with Gasteiger partial charge in [0.05, 0.1) is 10.5 Å². The summed E-state index contributed by atoms with van der Waals surface area (Å²) in [6, 6.07) is 8.95. The molecule has 0 spiro atoms. The Hall–Kier alpha value is -1.95. The molecular formula is C14H11BrFNO3. The quantitative estimate of drug-likeness (QED) is 0.613. The van der Waals surface area contributed by atoms with Gasteiger partial charge >= 0.3 is 0 Å². The van der Waals surface area contributed by atoms with Crippen LogP contribution in [0, 0.1) is 22.9 Å². The normalized spacial score (nSPS) is 10.3. The molecule has 0 amide bonds. The molecule has 0 fully saturated rings. The van der Waals surface area contributed by atoms with Crippen molar-refractivity contribution < 1.29 is 14.1 Å². The van der Waals surface area contributed by atoms with E-state index in [0.29, 0.717) is 15.8 Å². The minimum absolute atomic E-state index is 0.0145. The third kappa shape index (κ3) is 3.14. The zero-order chi connectivity index (χ0) is 14.7. The van der Waals surface area contributed by atoms with E-state index in [4.69, 9.17) is 4.74 Å². The SMILES string of the molecule is Cc1c(OCc2ccc(F)cc2Br)cccc1[N+](=O)[O-]. The van der Waals surface area contributed by atoms with Crippen molar-refractivity contribution in [3.63, 3.8) is 0 Å². The molecule has 0 heterocycles. The van der Waals surface area contributed by atoms with Gasteiger partial charge in [-0.15, -0.1) is 0 Å². The van der Waals surface area contributed by atoms with E-state index in [0.717, 1.165) is 5.56 Å². The highest BCUT2D eigenvalue weighted by atomic mass is 79.9. The zero-order valence-corrected chi connectivity index (χ0v) is 12.2. The first kappa shape index (κ1) is 14.5. The van der Waals surface area contributed by atoms with Crippen LogP contribution in [0.5, 0.6) is 5.75 Å². The summed E-state index contributed by atoms with van der Waals surface area (Å²) in [6.07, 6.45) is 0. The summed E-state index contributed by atoms with van der Waals surface area (Å²) >= 11 is 3.25. The zero-order valence-electron chi connectivity index (χ0n) is 10.6. The molecule has 2 rings (SSSR count). The van der Waals surface area contributed by atoms with E-state index in [9.17, 15) is 14.5 Å². The Bertz CT molecular complexity index is 661. The molecule has 0 saturated carbocycles. The lowest BCUT2D eigenvalue weighted by Gasteiger charge is -2.10. The Morgan fingerprint density at radius 2 is 2.10 bits per heavy atom. The standard InChI is InChI=1S/C14H11BrFNO3/c1-9-13(17(18)19)3-2-4-14(9)20-8-10-5-6-11(16)7-12(10)15/h2-7H,8H2,1H3. The lowest BCUT2D eigenvalue weighted by molar-refractivity contribution is -0.385. The monoisotopic (exact) mass is 339 g/mol. The first-order valence-corrected chi connectivity index (χ1v) is 6.59. The van der Waals surface area contributed by atoms with Crippen LogP contribution in [-0.4, -0.2) is 4.92 Å². The number of hydrogen-bond donors (Lipinski definition) is 0. The predicted molar refractivity (Wildman–Crippen MR) is 76.3 cm³/mol. The van der Waals surface area contributed by atoms with Crippen molar-refractivity contribution in [2.75, 3.05) is 0 Å². The van der Waals surface area contributed by atoms with Gasteiger partial charge in [-0.05, 0) is 25.1 Å². The molecule has 2 aromatic rings. The fourth-order valence-electron chi connectivity index (χ4n) is 1.75. The van der Waals surface area contributed by atoms with Crippen LogP contribution >= 0.6 is 15.9 Å². The van der Waals surface area contributed by atoms with Gasteiger partial charge in [0.15, 0.2) is 0 Å². The van der Waals surface area contributed by atoms with Crippen molar-refractivity contribution in [3.05, 3.63) is 67.9 Å². The maximum Gasteiger partial charge on any atom is 0.276 e. The molecule has 0 aliphatic heterocycles. The molecule has 104 valence electrons. The Labute approximate surface area is 123 Å². The fraction of sp³-hybridized carbons (Fsp3) is 0.143. The van der Waals surface area contributed by atoms with Crippen LogP contribution in [0.25, 0.3) is 0 Å². The van der Waals surface area contributed by atoms with Crippen molar-refractivity contribution in [3.8, 4) is 5.75 Å². The summed E-state index contributed by atoms with van der Waals surface area (Å²) in [5.74, 6) is 0.0996. The largest absolute Gasteiger partial charge is 0.488 e. The highest BCUT2D eigenvalue weighted by Crippen LogP contribution is 2.28. The second-order valence-electron chi connectivity index (χ2n) is 4.18. The molecule has 6 heteroatoms. The summed E-state index contributed by atoms with van der Waals surface area (Å²) in [6.45, 7) is 1.83. The van der Waals surface area contributed by atoms with Gasteiger partial charge in [-0.2, -0.15) is 0 Å². The van der Waals surface area contributed by atoms with Gasteiger partial charge in [-0.25, -0.2) is 4.39 Å². The highest BCUT2D eigenvalue weighted by Gasteiger charge is 2.14. The summed E-state index contributed by atoms with van der Waals surface area (Å²) in [4.78, 5) is 10.4. The van der Waals surface area contributed by atoms with Gasteiger partial charge in [0, 0.05) is 16.1 Å². The highest BCUT2D eigenvalue weighted by molar-refractivity contribution is 9.10. The van der Waals surface area contributed by atoms with Crippen molar-refractivity contribution in [2.45, 2.75) is 13.5 Å². The van der Waals surface area contributed by atoms with E-state index in [-0.39, 0.29) is 18.1 Å². The average molecular weight is 340 g/mol. The average Bonchev–Trinajstić information content (AvgIpc) is 2.39. The fourth-order valence-corrected chi connectivity index (χ4v) is 2.22. The molecule has 0 aromatic heterocycles. The lowest BCUT2D eigenvalue weighted by atomic mass is 10.2. The number of ether oxygens (including phenoxy) is 1. The van der Waals surface area contributed by atoms with Crippen LogP contribution in [0.2, 0.25) is 0 Å². The van der Waals surface area contributed by atoms with Crippen molar-refractivity contribution in [1.82, 2.24) is 0 Å². The second kappa shape index (κ2) is 6.00. The van der Waals surface area contributed by atoms with Gasteiger partial charge in [0.2, 0.25) is 0 Å². The molecule has 20 heavy (non-hydrogen) atoms. The molecule has 2 aromatic carbocycles. The van der Waals surface area contributed by atoms with E-state index in [2.05, 4.69) is 15.9 Å². The molecule has 0 saturated heterocycles. The van der Waals surface area contributed by atoms with Crippen LogP contribution in [-0.2, 0) is 6.61 Å². The number of hydrogen-bond acceptors (Lipinski definition) is 3. The van der Waals surface area contributed by atoms with Gasteiger partial charge in [-0.3, -0.25) is 10.1 Å². The van der Waals surface area contributed by atoms with E-state index in [1.807, 2.05) is 0 Å². The molecule has 0 bridgehead atoms. The minimum Gasteiger partial charge on any atom is -0.488 e. The molecule has 0 atom stereocenters. The van der Waals surface area contributed by atoms with E-state index >= 15 is 0 Å². The minimum atomic E-state index is -0.448. The number of benzene rings is 2. The third-order valence-corrected chi connectivity index (χ3v) is 3.59.